The van der Waals surface area contributed by atoms with E-state index in [4.69, 9.17) is 5.41 Å². The molecule has 0 saturated heterocycles. The molecular weight excluding hydrogens is 282 g/mol. The van der Waals surface area contributed by atoms with Gasteiger partial charge in [-0.15, -0.1) is 0 Å². The lowest BCUT2D eigenvalue weighted by Crippen LogP contribution is -2.50. The van der Waals surface area contributed by atoms with E-state index < -0.39 is 0 Å². The van der Waals surface area contributed by atoms with Crippen LogP contribution < -0.4 is 0 Å². The Labute approximate surface area is 140 Å². The molecule has 23 heavy (non-hydrogen) atoms. The van der Waals surface area contributed by atoms with Crippen LogP contribution in [0.25, 0.3) is 0 Å². The monoisotopic (exact) mass is 313 g/mol. The van der Waals surface area contributed by atoms with E-state index in [1.807, 2.05) is 0 Å². The van der Waals surface area contributed by atoms with Crippen LogP contribution in [0.4, 0.5) is 0 Å². The van der Waals surface area contributed by atoms with Crippen LogP contribution in [0.3, 0.4) is 0 Å². The van der Waals surface area contributed by atoms with Gasteiger partial charge >= 0.3 is 0 Å². The number of Topliss-reactive ketones (excluding diaryl/α,β-unsaturated/α-hetero) is 1. The highest BCUT2D eigenvalue weighted by atomic mass is 16.1. The number of ketones is 1. The lowest BCUT2D eigenvalue weighted by molar-refractivity contribution is -0.123. The number of nitrogens with one attached hydrogen (secondary N) is 1. The van der Waals surface area contributed by atoms with Crippen LogP contribution >= 0.6 is 0 Å². The minimum atomic E-state index is 0.0914. The van der Waals surface area contributed by atoms with Crippen LogP contribution in [-0.4, -0.2) is 12.0 Å². The van der Waals surface area contributed by atoms with E-state index in [0.717, 1.165) is 30.4 Å². The highest BCUT2D eigenvalue weighted by molar-refractivity contribution is 6.27. The van der Waals surface area contributed by atoms with Gasteiger partial charge < -0.3 is 5.41 Å². The van der Waals surface area contributed by atoms with Crippen molar-refractivity contribution in [2.24, 2.45) is 34.5 Å². The Morgan fingerprint density at radius 1 is 1.17 bits per heavy atom. The van der Waals surface area contributed by atoms with Gasteiger partial charge in [-0.25, -0.2) is 0 Å². The molecule has 0 spiro atoms. The second-order valence-corrected chi connectivity index (χ2v) is 9.18. The van der Waals surface area contributed by atoms with Crippen molar-refractivity contribution in [1.29, 1.82) is 5.41 Å². The molecule has 2 heteroatoms. The van der Waals surface area contributed by atoms with E-state index in [-0.39, 0.29) is 17.1 Å². The van der Waals surface area contributed by atoms with Crippen molar-refractivity contribution < 1.29 is 4.79 Å². The van der Waals surface area contributed by atoms with E-state index in [2.05, 4.69) is 19.9 Å². The van der Waals surface area contributed by atoms with E-state index in [1.165, 1.54) is 51.4 Å². The first-order valence-electron chi connectivity index (χ1n) is 9.74. The van der Waals surface area contributed by atoms with Crippen molar-refractivity contribution in [3.05, 3.63) is 11.6 Å². The molecule has 0 bridgehead atoms. The number of carbonyl (C=O) groups excluding carboxylic acids is 1. The van der Waals surface area contributed by atoms with Crippen molar-refractivity contribution >= 4 is 12.0 Å². The van der Waals surface area contributed by atoms with Crippen molar-refractivity contribution in [2.45, 2.75) is 71.6 Å². The molecule has 0 radical (unpaired) electrons. The van der Waals surface area contributed by atoms with Crippen molar-refractivity contribution in [2.75, 3.05) is 0 Å². The Kier molecular flexibility index (Phi) is 3.59. The molecule has 3 fully saturated rings. The predicted octanol–water partition coefficient (Wildman–Crippen LogP) is 5.17. The third kappa shape index (κ3) is 2.06. The Balaban J connectivity index is 1.65. The van der Waals surface area contributed by atoms with Gasteiger partial charge in [0.25, 0.3) is 0 Å². The zero-order valence-corrected chi connectivity index (χ0v) is 14.7. The largest absolute Gasteiger partial charge is 0.305 e. The quantitative estimate of drug-likeness (QED) is 0.554. The van der Waals surface area contributed by atoms with Gasteiger partial charge in [-0.05, 0) is 86.4 Å². The van der Waals surface area contributed by atoms with Crippen LogP contribution in [-0.2, 0) is 4.79 Å². The maximum atomic E-state index is 12.3. The molecular formula is C21H31NO. The first-order valence-corrected chi connectivity index (χ1v) is 9.74. The standard InChI is InChI=1S/C21H31NO/c1-20-11-4-3-5-14(20)6-7-15-16-8-9-18(19(23)13-22)21(16,2)12-10-17(15)20/h5,13,15-18,22H,3-4,6-12H2,1-2H3/t15-,16-,17-,18+,20-,21-/m0/s1. The molecule has 0 amide bonds. The van der Waals surface area contributed by atoms with Gasteiger partial charge in [0, 0.05) is 5.92 Å². The first-order chi connectivity index (χ1) is 11.0. The fraction of sp³-hybridized carbons (Fsp3) is 0.810. The summed E-state index contributed by atoms with van der Waals surface area (Å²) in [5.74, 6) is 2.60. The van der Waals surface area contributed by atoms with Gasteiger partial charge in [-0.2, -0.15) is 0 Å². The Morgan fingerprint density at radius 3 is 2.78 bits per heavy atom. The van der Waals surface area contributed by atoms with E-state index in [1.54, 1.807) is 5.57 Å². The number of hydrogen-bond donors (Lipinski definition) is 1. The lowest BCUT2D eigenvalue weighted by Gasteiger charge is -2.58. The summed E-state index contributed by atoms with van der Waals surface area (Å²) >= 11 is 0. The zero-order chi connectivity index (χ0) is 16.2. The number of allylic oxidation sites excluding steroid dienone is 2. The average molecular weight is 313 g/mol. The zero-order valence-electron chi connectivity index (χ0n) is 14.7. The minimum absolute atomic E-state index is 0.0914. The van der Waals surface area contributed by atoms with Gasteiger partial charge in [0.2, 0.25) is 0 Å². The van der Waals surface area contributed by atoms with Gasteiger partial charge in [-0.3, -0.25) is 4.79 Å². The molecule has 126 valence electrons. The second-order valence-electron chi connectivity index (χ2n) is 9.18. The molecule has 0 aromatic heterocycles. The summed E-state index contributed by atoms with van der Waals surface area (Å²) in [6.45, 7) is 4.92. The Morgan fingerprint density at radius 2 is 2.00 bits per heavy atom. The number of rotatable bonds is 2. The fourth-order valence-electron chi connectivity index (χ4n) is 7.32. The third-order valence-corrected chi connectivity index (χ3v) is 8.51. The van der Waals surface area contributed by atoms with Crippen LogP contribution in [0.2, 0.25) is 0 Å². The summed E-state index contributed by atoms with van der Waals surface area (Å²) in [5.41, 5.74) is 2.38. The molecule has 4 aliphatic rings. The number of hydrogen-bond acceptors (Lipinski definition) is 2. The third-order valence-electron chi connectivity index (χ3n) is 8.51. The summed E-state index contributed by atoms with van der Waals surface area (Å²) in [6.07, 6.45) is 15.1. The number of fused-ring (bicyclic) bond motifs is 5. The van der Waals surface area contributed by atoms with Gasteiger partial charge in [0.15, 0.2) is 5.78 Å². The molecule has 4 rings (SSSR count). The summed E-state index contributed by atoms with van der Waals surface area (Å²) in [4.78, 5) is 12.3. The lowest BCUT2D eigenvalue weighted by atomic mass is 9.47. The minimum Gasteiger partial charge on any atom is -0.305 e. The number of carbonyl (C=O) groups is 1. The van der Waals surface area contributed by atoms with Crippen molar-refractivity contribution in [1.82, 2.24) is 0 Å². The Hall–Kier alpha value is -0.920. The molecule has 2 nitrogen and oxygen atoms in total. The van der Waals surface area contributed by atoms with Crippen LogP contribution in [0, 0.1) is 39.9 Å². The summed E-state index contributed by atoms with van der Waals surface area (Å²) in [5, 5.41) is 7.42. The SMILES string of the molecule is C[C@]12CC[C@H]3[C@@H](CCC4=CCCC[C@@]43C)[C@@H]1CC[C@@H]2C(=O)C=N. The molecule has 0 aliphatic heterocycles. The topological polar surface area (TPSA) is 40.9 Å². The smallest absolute Gasteiger partial charge is 0.176 e. The summed E-state index contributed by atoms with van der Waals surface area (Å²) in [6, 6.07) is 0. The molecule has 1 N–H and O–H groups in total. The maximum Gasteiger partial charge on any atom is 0.176 e. The first kappa shape index (κ1) is 15.6. The Bertz CT molecular complexity index is 564. The van der Waals surface area contributed by atoms with Gasteiger partial charge in [0.1, 0.15) is 0 Å². The van der Waals surface area contributed by atoms with Crippen molar-refractivity contribution in [3.8, 4) is 0 Å². The fourth-order valence-corrected chi connectivity index (χ4v) is 7.32. The maximum absolute atomic E-state index is 12.3. The van der Waals surface area contributed by atoms with Crippen LogP contribution in [0.1, 0.15) is 71.6 Å². The molecule has 0 aromatic rings. The highest BCUT2D eigenvalue weighted by Crippen LogP contribution is 2.66. The summed E-state index contributed by atoms with van der Waals surface area (Å²) < 4.78 is 0. The molecule has 3 saturated carbocycles. The predicted molar refractivity (Wildman–Crippen MR) is 93.6 cm³/mol. The molecule has 0 unspecified atom stereocenters. The van der Waals surface area contributed by atoms with E-state index >= 15 is 0 Å². The molecule has 4 aliphatic carbocycles. The average Bonchev–Trinajstić information content (AvgIpc) is 2.91. The van der Waals surface area contributed by atoms with Crippen LogP contribution in [0.5, 0.6) is 0 Å². The van der Waals surface area contributed by atoms with E-state index in [0.29, 0.717) is 5.41 Å². The molecule has 0 heterocycles. The van der Waals surface area contributed by atoms with Gasteiger partial charge in [0.05, 0.1) is 6.21 Å². The molecule has 0 aromatic carbocycles. The summed E-state index contributed by atoms with van der Waals surface area (Å²) in [7, 11) is 0. The normalized spacial score (nSPS) is 48.7. The van der Waals surface area contributed by atoms with Gasteiger partial charge in [-0.1, -0.05) is 25.5 Å². The highest BCUT2D eigenvalue weighted by Gasteiger charge is 2.59. The second kappa shape index (κ2) is 5.29. The van der Waals surface area contributed by atoms with Crippen LogP contribution in [0.15, 0.2) is 11.6 Å². The van der Waals surface area contributed by atoms with Crippen molar-refractivity contribution in [3.63, 3.8) is 0 Å². The van der Waals surface area contributed by atoms with E-state index in [9.17, 15) is 4.79 Å². The molecule has 6 atom stereocenters.